The normalized spacial score (nSPS) is 16.4. The molecule has 0 saturated heterocycles. The lowest BCUT2D eigenvalue weighted by molar-refractivity contribution is 0.460. The second-order valence-corrected chi connectivity index (χ2v) is 4.54. The minimum absolute atomic E-state index is 0.0673. The maximum Gasteiger partial charge on any atom is 0.135 e. The van der Waals surface area contributed by atoms with Crippen LogP contribution in [-0.2, 0) is 0 Å². The zero-order valence-electron chi connectivity index (χ0n) is 10.8. The van der Waals surface area contributed by atoms with Crippen molar-refractivity contribution in [2.24, 2.45) is 0 Å². The van der Waals surface area contributed by atoms with Crippen LogP contribution in [0.25, 0.3) is 5.70 Å². The lowest BCUT2D eigenvalue weighted by Gasteiger charge is -2.34. The van der Waals surface area contributed by atoms with Crippen molar-refractivity contribution in [2.45, 2.75) is 26.7 Å². The van der Waals surface area contributed by atoms with E-state index in [1.807, 2.05) is 18.7 Å². The van der Waals surface area contributed by atoms with E-state index < -0.39 is 11.6 Å². The minimum Gasteiger partial charge on any atom is -0.345 e. The molecule has 2 rings (SSSR count). The number of rotatable bonds is 2. The van der Waals surface area contributed by atoms with Crippen LogP contribution in [0.2, 0.25) is 0 Å². The van der Waals surface area contributed by atoms with Gasteiger partial charge in [0.15, 0.2) is 0 Å². The lowest BCUT2D eigenvalue weighted by atomic mass is 9.96. The van der Waals surface area contributed by atoms with Gasteiger partial charge in [-0.25, -0.2) is 8.78 Å². The monoisotopic (exact) mass is 249 g/mol. The van der Waals surface area contributed by atoms with Gasteiger partial charge < -0.3 is 4.90 Å². The van der Waals surface area contributed by atoms with E-state index in [0.717, 1.165) is 24.1 Å². The highest BCUT2D eigenvalue weighted by molar-refractivity contribution is 5.70. The molecule has 0 bridgehead atoms. The van der Waals surface area contributed by atoms with Gasteiger partial charge in [0.2, 0.25) is 0 Å². The van der Waals surface area contributed by atoms with Crippen LogP contribution in [-0.4, -0.2) is 11.4 Å². The van der Waals surface area contributed by atoms with Crippen molar-refractivity contribution in [3.63, 3.8) is 0 Å². The number of nitrogens with zero attached hydrogens (tertiary/aromatic N) is 1. The zero-order chi connectivity index (χ0) is 13.3. The van der Waals surface area contributed by atoms with E-state index in [4.69, 9.17) is 0 Å². The summed E-state index contributed by atoms with van der Waals surface area (Å²) in [4.78, 5) is 1.90. The third-order valence-corrected chi connectivity index (χ3v) is 3.36. The average Bonchev–Trinajstić information content (AvgIpc) is 2.33. The molecular formula is C15H17F2N. The van der Waals surface area contributed by atoms with Crippen LogP contribution in [0.15, 0.2) is 36.0 Å². The second kappa shape index (κ2) is 4.92. The number of benzene rings is 1. The Balaban J connectivity index is 2.63. The van der Waals surface area contributed by atoms with E-state index >= 15 is 0 Å². The molecule has 0 fully saturated rings. The third kappa shape index (κ3) is 2.05. The molecule has 3 heteroatoms. The molecular weight excluding hydrogens is 232 g/mol. The number of allylic oxidation sites excluding steroid dienone is 2. The Morgan fingerprint density at radius 1 is 1.22 bits per heavy atom. The van der Waals surface area contributed by atoms with Gasteiger partial charge in [-0.2, -0.15) is 0 Å². The SMILES string of the molecule is C=C1CCC(C)=C(c2c(F)cccc2F)N1CC. The summed E-state index contributed by atoms with van der Waals surface area (Å²) in [6.45, 7) is 8.54. The largest absolute Gasteiger partial charge is 0.345 e. The van der Waals surface area contributed by atoms with Gasteiger partial charge in [0.1, 0.15) is 11.6 Å². The van der Waals surface area contributed by atoms with E-state index in [1.54, 1.807) is 0 Å². The Morgan fingerprint density at radius 3 is 2.39 bits per heavy atom. The molecule has 0 N–H and O–H groups in total. The summed E-state index contributed by atoms with van der Waals surface area (Å²) >= 11 is 0. The van der Waals surface area contributed by atoms with Crippen LogP contribution in [0, 0.1) is 11.6 Å². The van der Waals surface area contributed by atoms with Crippen LogP contribution in [0.3, 0.4) is 0 Å². The summed E-state index contributed by atoms with van der Waals surface area (Å²) in [5.41, 5.74) is 2.64. The van der Waals surface area contributed by atoms with Gasteiger partial charge in [0, 0.05) is 12.2 Å². The molecule has 1 aromatic carbocycles. The quantitative estimate of drug-likeness (QED) is 0.754. The summed E-state index contributed by atoms with van der Waals surface area (Å²) in [6.07, 6.45) is 1.65. The third-order valence-electron chi connectivity index (χ3n) is 3.36. The fourth-order valence-corrected chi connectivity index (χ4v) is 2.43. The molecule has 96 valence electrons. The molecule has 0 spiro atoms. The van der Waals surface area contributed by atoms with Crippen molar-refractivity contribution in [1.29, 1.82) is 0 Å². The van der Waals surface area contributed by atoms with Crippen molar-refractivity contribution in [1.82, 2.24) is 4.90 Å². The predicted molar refractivity (Wildman–Crippen MR) is 69.7 cm³/mol. The number of halogens is 2. The summed E-state index contributed by atoms with van der Waals surface area (Å²) in [6, 6.07) is 3.98. The number of hydrogen-bond donors (Lipinski definition) is 0. The zero-order valence-corrected chi connectivity index (χ0v) is 10.8. The van der Waals surface area contributed by atoms with E-state index in [2.05, 4.69) is 6.58 Å². The van der Waals surface area contributed by atoms with Crippen LogP contribution < -0.4 is 0 Å². The first-order valence-corrected chi connectivity index (χ1v) is 6.15. The van der Waals surface area contributed by atoms with Crippen molar-refractivity contribution >= 4 is 5.70 Å². The molecule has 0 aliphatic carbocycles. The van der Waals surface area contributed by atoms with Crippen molar-refractivity contribution in [3.8, 4) is 0 Å². The Kier molecular flexibility index (Phi) is 3.50. The Morgan fingerprint density at radius 2 is 1.83 bits per heavy atom. The molecule has 1 heterocycles. The van der Waals surface area contributed by atoms with Crippen molar-refractivity contribution < 1.29 is 8.78 Å². The molecule has 0 amide bonds. The predicted octanol–water partition coefficient (Wildman–Crippen LogP) is 4.33. The molecule has 1 aromatic rings. The van der Waals surface area contributed by atoms with Gasteiger partial charge in [-0.3, -0.25) is 0 Å². The molecule has 0 aromatic heterocycles. The molecule has 0 saturated carbocycles. The molecule has 18 heavy (non-hydrogen) atoms. The van der Waals surface area contributed by atoms with Gasteiger partial charge in [-0.1, -0.05) is 12.6 Å². The minimum atomic E-state index is -0.516. The standard InChI is InChI=1S/C15H17F2N/c1-4-18-11(3)9-8-10(2)15(18)14-12(16)6-5-7-13(14)17/h5-7H,3-4,8-9H2,1-2H3. The molecule has 1 nitrogen and oxygen atoms in total. The fraction of sp³-hybridized carbons (Fsp3) is 0.333. The van der Waals surface area contributed by atoms with Gasteiger partial charge in [0.05, 0.1) is 11.3 Å². The first kappa shape index (κ1) is 12.8. The van der Waals surface area contributed by atoms with Gasteiger partial charge in [0.25, 0.3) is 0 Å². The van der Waals surface area contributed by atoms with Crippen molar-refractivity contribution in [3.05, 3.63) is 53.2 Å². The summed E-state index contributed by atoms with van der Waals surface area (Å²) < 4.78 is 27.8. The number of hydrogen-bond acceptors (Lipinski definition) is 1. The maximum atomic E-state index is 13.9. The van der Waals surface area contributed by atoms with E-state index in [0.29, 0.717) is 12.2 Å². The Bertz CT molecular complexity index is 497. The highest BCUT2D eigenvalue weighted by Crippen LogP contribution is 2.36. The second-order valence-electron chi connectivity index (χ2n) is 4.54. The molecule has 0 unspecified atom stereocenters. The fourth-order valence-electron chi connectivity index (χ4n) is 2.43. The maximum absolute atomic E-state index is 13.9. The first-order chi connectivity index (χ1) is 8.56. The lowest BCUT2D eigenvalue weighted by Crippen LogP contribution is -2.26. The smallest absolute Gasteiger partial charge is 0.135 e. The molecule has 0 radical (unpaired) electrons. The summed E-state index contributed by atoms with van der Waals surface area (Å²) in [7, 11) is 0. The average molecular weight is 249 g/mol. The van der Waals surface area contributed by atoms with Gasteiger partial charge in [-0.05, 0) is 44.4 Å². The Hall–Kier alpha value is -1.64. The van der Waals surface area contributed by atoms with Crippen molar-refractivity contribution in [2.75, 3.05) is 6.54 Å². The van der Waals surface area contributed by atoms with E-state index in [1.165, 1.54) is 18.2 Å². The van der Waals surface area contributed by atoms with Gasteiger partial charge in [-0.15, -0.1) is 0 Å². The molecule has 0 atom stereocenters. The van der Waals surface area contributed by atoms with Gasteiger partial charge >= 0.3 is 0 Å². The topological polar surface area (TPSA) is 3.24 Å². The van der Waals surface area contributed by atoms with E-state index in [9.17, 15) is 8.78 Å². The summed E-state index contributed by atoms with van der Waals surface area (Å²) in [5.74, 6) is -1.03. The first-order valence-electron chi connectivity index (χ1n) is 6.15. The highest BCUT2D eigenvalue weighted by atomic mass is 19.1. The molecule has 1 aliphatic rings. The highest BCUT2D eigenvalue weighted by Gasteiger charge is 2.25. The van der Waals surface area contributed by atoms with E-state index in [-0.39, 0.29) is 5.56 Å². The van der Waals surface area contributed by atoms with Crippen LogP contribution in [0.5, 0.6) is 0 Å². The molecule has 1 aliphatic heterocycles. The van der Waals surface area contributed by atoms with Crippen LogP contribution >= 0.6 is 0 Å². The Labute approximate surface area is 106 Å². The van der Waals surface area contributed by atoms with Crippen LogP contribution in [0.1, 0.15) is 32.3 Å². The van der Waals surface area contributed by atoms with Crippen LogP contribution in [0.4, 0.5) is 8.78 Å². The summed E-state index contributed by atoms with van der Waals surface area (Å²) in [5, 5.41) is 0.